The molecule has 120 valence electrons. The molecular formula is C14H17F3N4S. The van der Waals surface area contributed by atoms with Gasteiger partial charge in [-0.2, -0.15) is 13.2 Å². The molecule has 0 spiro atoms. The molecule has 0 radical (unpaired) electrons. The lowest BCUT2D eigenvalue weighted by Gasteiger charge is -2.25. The van der Waals surface area contributed by atoms with Crippen LogP contribution in [0.25, 0.3) is 10.2 Å². The van der Waals surface area contributed by atoms with Gasteiger partial charge in [-0.3, -0.25) is 0 Å². The van der Waals surface area contributed by atoms with E-state index in [0.29, 0.717) is 16.0 Å². The molecule has 22 heavy (non-hydrogen) atoms. The van der Waals surface area contributed by atoms with E-state index in [-0.39, 0.29) is 17.0 Å². The van der Waals surface area contributed by atoms with Gasteiger partial charge in [0.2, 0.25) is 0 Å². The monoisotopic (exact) mass is 330 g/mol. The van der Waals surface area contributed by atoms with Gasteiger partial charge in [0.15, 0.2) is 0 Å². The number of rotatable bonds is 3. The van der Waals surface area contributed by atoms with Crippen molar-refractivity contribution in [3.8, 4) is 0 Å². The molecule has 0 bridgehead atoms. The molecule has 1 aliphatic rings. The predicted molar refractivity (Wildman–Crippen MR) is 81.2 cm³/mol. The highest BCUT2D eigenvalue weighted by atomic mass is 32.1. The summed E-state index contributed by atoms with van der Waals surface area (Å²) in [4.78, 5) is 11.3. The first-order valence-corrected chi connectivity index (χ1v) is 7.94. The molecule has 1 saturated carbocycles. The van der Waals surface area contributed by atoms with Crippen LogP contribution >= 0.6 is 11.3 Å². The van der Waals surface area contributed by atoms with Crippen molar-refractivity contribution in [3.63, 3.8) is 0 Å². The van der Waals surface area contributed by atoms with Crippen molar-refractivity contribution in [2.24, 2.45) is 5.73 Å². The van der Waals surface area contributed by atoms with E-state index in [4.69, 9.17) is 5.73 Å². The summed E-state index contributed by atoms with van der Waals surface area (Å²) < 4.78 is 37.7. The molecule has 1 aliphatic carbocycles. The third kappa shape index (κ3) is 3.17. The normalized spacial score (nSPS) is 22.4. The highest BCUT2D eigenvalue weighted by molar-refractivity contribution is 7.18. The van der Waals surface area contributed by atoms with Gasteiger partial charge in [-0.05, 0) is 25.3 Å². The van der Waals surface area contributed by atoms with Gasteiger partial charge in [0, 0.05) is 24.0 Å². The van der Waals surface area contributed by atoms with Crippen LogP contribution in [0, 0.1) is 0 Å². The first-order chi connectivity index (χ1) is 10.3. The van der Waals surface area contributed by atoms with E-state index in [1.807, 2.05) is 11.9 Å². The maximum Gasteiger partial charge on any atom is 0.393 e. The quantitative estimate of drug-likeness (QED) is 0.939. The number of fused-ring (bicyclic) bond motifs is 1. The zero-order valence-electron chi connectivity index (χ0n) is 12.1. The number of nitrogens with zero attached hydrogens (tertiary/aromatic N) is 3. The van der Waals surface area contributed by atoms with Crippen LogP contribution in [-0.2, 0) is 6.42 Å². The summed E-state index contributed by atoms with van der Waals surface area (Å²) in [5.74, 6) is 0.689. The van der Waals surface area contributed by atoms with Crippen molar-refractivity contribution in [1.29, 1.82) is 0 Å². The third-order valence-electron chi connectivity index (χ3n) is 4.06. The van der Waals surface area contributed by atoms with Crippen LogP contribution in [0.2, 0.25) is 0 Å². The van der Waals surface area contributed by atoms with Crippen LogP contribution in [0.15, 0.2) is 12.4 Å². The van der Waals surface area contributed by atoms with Crippen molar-refractivity contribution < 1.29 is 13.2 Å². The zero-order chi connectivity index (χ0) is 15.9. The van der Waals surface area contributed by atoms with E-state index < -0.39 is 12.6 Å². The van der Waals surface area contributed by atoms with E-state index in [9.17, 15) is 13.2 Å². The molecule has 2 aromatic heterocycles. The summed E-state index contributed by atoms with van der Waals surface area (Å²) in [6.07, 6.45) is -0.905. The lowest BCUT2D eigenvalue weighted by molar-refractivity contribution is -0.126. The van der Waals surface area contributed by atoms with E-state index in [1.165, 1.54) is 6.33 Å². The number of halogens is 3. The van der Waals surface area contributed by atoms with E-state index in [0.717, 1.165) is 30.6 Å². The molecule has 4 nitrogen and oxygen atoms in total. The van der Waals surface area contributed by atoms with E-state index in [1.54, 1.807) is 6.07 Å². The fourth-order valence-corrected chi connectivity index (χ4v) is 4.00. The number of hydrogen-bond acceptors (Lipinski definition) is 5. The van der Waals surface area contributed by atoms with Gasteiger partial charge in [-0.1, -0.05) is 0 Å². The second kappa shape index (κ2) is 5.66. The number of nitrogens with two attached hydrogens (primary N) is 1. The SMILES string of the molecule is CN(c1ncnc2sc(CC(F)(F)F)cc12)[C@@H]1CC[C@H](N)C1. The highest BCUT2D eigenvalue weighted by Gasteiger charge is 2.30. The van der Waals surface area contributed by atoms with E-state index in [2.05, 4.69) is 9.97 Å². The van der Waals surface area contributed by atoms with Gasteiger partial charge in [0.1, 0.15) is 17.0 Å². The number of anilines is 1. The molecule has 1 fully saturated rings. The topological polar surface area (TPSA) is 55.0 Å². The van der Waals surface area contributed by atoms with Gasteiger partial charge in [0.25, 0.3) is 0 Å². The van der Waals surface area contributed by atoms with Gasteiger partial charge >= 0.3 is 6.18 Å². The van der Waals surface area contributed by atoms with Crippen LogP contribution in [0.4, 0.5) is 19.0 Å². The molecule has 0 aromatic carbocycles. The molecule has 2 N–H and O–H groups in total. The zero-order valence-corrected chi connectivity index (χ0v) is 12.9. The van der Waals surface area contributed by atoms with Gasteiger partial charge < -0.3 is 10.6 Å². The fourth-order valence-electron chi connectivity index (χ4n) is 2.98. The number of alkyl halides is 3. The van der Waals surface area contributed by atoms with Gasteiger partial charge in [-0.25, -0.2) is 9.97 Å². The van der Waals surface area contributed by atoms with Crippen LogP contribution in [-0.4, -0.2) is 35.3 Å². The fraction of sp³-hybridized carbons (Fsp3) is 0.571. The Labute approximate surface area is 130 Å². The molecular weight excluding hydrogens is 313 g/mol. The third-order valence-corrected chi connectivity index (χ3v) is 5.10. The molecule has 0 amide bonds. The molecule has 2 aromatic rings. The Kier molecular flexibility index (Phi) is 3.98. The minimum absolute atomic E-state index is 0.188. The Morgan fingerprint density at radius 1 is 1.36 bits per heavy atom. The van der Waals surface area contributed by atoms with Crippen molar-refractivity contribution >= 4 is 27.4 Å². The van der Waals surface area contributed by atoms with Gasteiger partial charge in [-0.15, -0.1) is 11.3 Å². The number of hydrogen-bond donors (Lipinski definition) is 1. The molecule has 0 unspecified atom stereocenters. The summed E-state index contributed by atoms with van der Waals surface area (Å²) in [7, 11) is 1.92. The summed E-state index contributed by atoms with van der Waals surface area (Å²) in [6, 6.07) is 2.03. The summed E-state index contributed by atoms with van der Waals surface area (Å²) in [6.45, 7) is 0. The van der Waals surface area contributed by atoms with E-state index >= 15 is 0 Å². The maximum atomic E-state index is 12.6. The second-order valence-corrected chi connectivity index (χ2v) is 6.87. The Balaban J connectivity index is 1.92. The van der Waals surface area contributed by atoms with Crippen molar-refractivity contribution in [3.05, 3.63) is 17.3 Å². The Bertz CT molecular complexity index is 670. The summed E-state index contributed by atoms with van der Waals surface area (Å²) in [5.41, 5.74) is 5.94. The molecule has 0 saturated heterocycles. The smallest absolute Gasteiger partial charge is 0.356 e. The minimum Gasteiger partial charge on any atom is -0.356 e. The van der Waals surface area contributed by atoms with Crippen LogP contribution < -0.4 is 10.6 Å². The number of aromatic nitrogens is 2. The lowest BCUT2D eigenvalue weighted by atomic mass is 10.2. The summed E-state index contributed by atoms with van der Waals surface area (Å²) >= 11 is 1.08. The molecule has 2 heterocycles. The van der Waals surface area contributed by atoms with Crippen molar-refractivity contribution in [2.75, 3.05) is 11.9 Å². The van der Waals surface area contributed by atoms with Crippen molar-refractivity contribution in [1.82, 2.24) is 9.97 Å². The van der Waals surface area contributed by atoms with Crippen LogP contribution in [0.5, 0.6) is 0 Å². The molecule has 2 atom stereocenters. The predicted octanol–water partition coefficient (Wildman–Crippen LogP) is 3.11. The Hall–Kier alpha value is -1.41. The van der Waals surface area contributed by atoms with Crippen LogP contribution in [0.1, 0.15) is 24.1 Å². The standard InChI is InChI=1S/C14H17F3N4S/c1-21(9-3-2-8(18)4-9)12-11-5-10(6-14(15,16)17)22-13(11)20-7-19-12/h5,7-9H,2-4,6,18H2,1H3/t8-,9+/m0/s1. The highest BCUT2D eigenvalue weighted by Crippen LogP contribution is 2.35. The van der Waals surface area contributed by atoms with Crippen molar-refractivity contribution in [2.45, 2.75) is 43.9 Å². The Morgan fingerprint density at radius 3 is 2.77 bits per heavy atom. The average Bonchev–Trinajstić information content (AvgIpc) is 3.00. The first kappa shape index (κ1) is 15.5. The second-order valence-electron chi connectivity index (χ2n) is 5.76. The maximum absolute atomic E-state index is 12.6. The Morgan fingerprint density at radius 2 is 2.14 bits per heavy atom. The lowest BCUT2D eigenvalue weighted by Crippen LogP contribution is -2.31. The summed E-state index contributed by atoms with van der Waals surface area (Å²) in [5, 5.41) is 0.690. The molecule has 3 rings (SSSR count). The first-order valence-electron chi connectivity index (χ1n) is 7.12. The largest absolute Gasteiger partial charge is 0.393 e. The molecule has 0 aliphatic heterocycles. The molecule has 8 heteroatoms. The average molecular weight is 330 g/mol. The van der Waals surface area contributed by atoms with Gasteiger partial charge in [0.05, 0.1) is 11.8 Å². The number of thiophene rings is 1. The van der Waals surface area contributed by atoms with Crippen LogP contribution in [0.3, 0.4) is 0 Å². The minimum atomic E-state index is -4.21.